The highest BCUT2D eigenvalue weighted by Gasteiger charge is 2.15. The van der Waals surface area contributed by atoms with Crippen LogP contribution in [0, 0.1) is 13.8 Å². The molecule has 0 radical (unpaired) electrons. The van der Waals surface area contributed by atoms with Crippen molar-refractivity contribution >= 4 is 22.9 Å². The number of hydrogen-bond acceptors (Lipinski definition) is 5. The number of anilines is 1. The first kappa shape index (κ1) is 14.5. The normalized spacial score (nSPS) is 12.0. The van der Waals surface area contributed by atoms with Gasteiger partial charge < -0.3 is 10.7 Å². The molecule has 0 bridgehead atoms. The molecule has 2 rings (SSSR count). The van der Waals surface area contributed by atoms with Crippen LogP contribution in [-0.2, 0) is 0 Å². The molecule has 2 aromatic rings. The zero-order chi connectivity index (χ0) is 14.7. The molecule has 0 saturated heterocycles. The first-order valence-corrected chi connectivity index (χ1v) is 7.13. The van der Waals surface area contributed by atoms with Gasteiger partial charge in [0.25, 0.3) is 5.91 Å². The predicted octanol–water partition coefficient (Wildman–Crippen LogP) is 2.54. The number of benzene rings is 1. The summed E-state index contributed by atoms with van der Waals surface area (Å²) in [7, 11) is 0. The van der Waals surface area contributed by atoms with E-state index in [4.69, 9.17) is 5.84 Å². The van der Waals surface area contributed by atoms with Crippen LogP contribution in [-0.4, -0.2) is 10.9 Å². The molecule has 1 unspecified atom stereocenters. The second-order valence-corrected chi connectivity index (χ2v) is 5.94. The Labute approximate surface area is 122 Å². The number of amides is 1. The first-order valence-electron chi connectivity index (χ1n) is 6.31. The third-order valence-electron chi connectivity index (χ3n) is 2.99. The first-order chi connectivity index (χ1) is 9.51. The molecular weight excluding hydrogens is 272 g/mol. The fourth-order valence-electron chi connectivity index (χ4n) is 1.92. The second kappa shape index (κ2) is 6.02. The Morgan fingerprint density at radius 1 is 1.40 bits per heavy atom. The number of nitrogens with two attached hydrogens (primary N) is 1. The lowest BCUT2D eigenvalue weighted by molar-refractivity contribution is 0.0939. The lowest BCUT2D eigenvalue weighted by Gasteiger charge is -2.13. The average Bonchev–Trinajstić information content (AvgIpc) is 2.85. The molecule has 20 heavy (non-hydrogen) atoms. The molecule has 4 N–H and O–H groups in total. The van der Waals surface area contributed by atoms with Crippen LogP contribution >= 0.6 is 11.3 Å². The van der Waals surface area contributed by atoms with Crippen molar-refractivity contribution in [2.24, 2.45) is 5.84 Å². The Morgan fingerprint density at radius 2 is 2.15 bits per heavy atom. The molecule has 0 aliphatic heterocycles. The fourth-order valence-corrected chi connectivity index (χ4v) is 2.69. The van der Waals surface area contributed by atoms with E-state index in [-0.39, 0.29) is 11.9 Å². The van der Waals surface area contributed by atoms with E-state index in [1.807, 2.05) is 33.0 Å². The molecule has 0 aliphatic rings. The summed E-state index contributed by atoms with van der Waals surface area (Å²) in [4.78, 5) is 17.7. The molecule has 1 amide bonds. The predicted molar refractivity (Wildman–Crippen MR) is 81.7 cm³/mol. The van der Waals surface area contributed by atoms with Gasteiger partial charge in [-0.2, -0.15) is 0 Å². The Hall–Kier alpha value is -1.92. The standard InChI is InChI=1S/C14H18N4OS/c1-8-6-11(18-15)4-5-12(8)13(19)17-10(3)14-16-7-9(2)20-14/h4-7,10,18H,15H2,1-3H3,(H,17,19). The van der Waals surface area contributed by atoms with Gasteiger partial charge in [-0.3, -0.25) is 10.6 Å². The Kier molecular flexibility index (Phi) is 4.36. The van der Waals surface area contributed by atoms with Crippen molar-refractivity contribution in [1.29, 1.82) is 0 Å². The number of thiazole rings is 1. The number of nitrogens with one attached hydrogen (secondary N) is 2. The lowest BCUT2D eigenvalue weighted by atomic mass is 10.1. The van der Waals surface area contributed by atoms with Gasteiger partial charge in [-0.25, -0.2) is 4.98 Å². The summed E-state index contributed by atoms with van der Waals surface area (Å²) >= 11 is 1.59. The fraction of sp³-hybridized carbons (Fsp3) is 0.286. The average molecular weight is 290 g/mol. The Morgan fingerprint density at radius 3 is 2.70 bits per heavy atom. The summed E-state index contributed by atoms with van der Waals surface area (Å²) < 4.78 is 0. The molecule has 1 atom stereocenters. The summed E-state index contributed by atoms with van der Waals surface area (Å²) in [5.74, 6) is 5.24. The van der Waals surface area contributed by atoms with Gasteiger partial charge in [-0.05, 0) is 44.5 Å². The molecule has 1 aromatic carbocycles. The quantitative estimate of drug-likeness (QED) is 0.597. The minimum Gasteiger partial charge on any atom is -0.343 e. The van der Waals surface area contributed by atoms with Gasteiger partial charge in [0, 0.05) is 22.3 Å². The number of hydrogen-bond donors (Lipinski definition) is 3. The van der Waals surface area contributed by atoms with Gasteiger partial charge in [-0.1, -0.05) is 0 Å². The molecule has 106 valence electrons. The van der Waals surface area contributed by atoms with E-state index in [0.29, 0.717) is 5.56 Å². The van der Waals surface area contributed by atoms with Crippen LogP contribution < -0.4 is 16.6 Å². The van der Waals surface area contributed by atoms with E-state index >= 15 is 0 Å². The maximum atomic E-state index is 12.3. The van der Waals surface area contributed by atoms with E-state index in [2.05, 4.69) is 15.7 Å². The van der Waals surface area contributed by atoms with E-state index in [0.717, 1.165) is 21.1 Å². The van der Waals surface area contributed by atoms with Crippen LogP contribution in [0.15, 0.2) is 24.4 Å². The van der Waals surface area contributed by atoms with Crippen LogP contribution in [0.3, 0.4) is 0 Å². The molecule has 0 fully saturated rings. The van der Waals surface area contributed by atoms with E-state index in [1.54, 1.807) is 23.5 Å². The summed E-state index contributed by atoms with van der Waals surface area (Å²) in [6.45, 7) is 5.81. The minimum absolute atomic E-state index is 0.104. The molecule has 5 nitrogen and oxygen atoms in total. The second-order valence-electron chi connectivity index (χ2n) is 4.68. The SMILES string of the molecule is Cc1cnc(C(C)NC(=O)c2ccc(NN)cc2C)s1. The molecule has 1 aromatic heterocycles. The molecule has 0 spiro atoms. The molecule has 0 saturated carbocycles. The Bertz CT molecular complexity index is 623. The smallest absolute Gasteiger partial charge is 0.252 e. The van der Waals surface area contributed by atoms with Crippen molar-refractivity contribution in [2.45, 2.75) is 26.8 Å². The van der Waals surface area contributed by atoms with Crippen molar-refractivity contribution < 1.29 is 4.79 Å². The Balaban J connectivity index is 2.12. The number of carbonyl (C=O) groups is 1. The molecule has 1 heterocycles. The van der Waals surface area contributed by atoms with Gasteiger partial charge in [0.15, 0.2) is 0 Å². The third-order valence-corrected chi connectivity index (χ3v) is 4.09. The number of nitrogens with zero attached hydrogens (tertiary/aromatic N) is 1. The summed E-state index contributed by atoms with van der Waals surface area (Å²) in [6.07, 6.45) is 1.82. The maximum Gasteiger partial charge on any atom is 0.252 e. The summed E-state index contributed by atoms with van der Waals surface area (Å²) in [6, 6.07) is 5.28. The molecule has 6 heteroatoms. The van der Waals surface area contributed by atoms with Gasteiger partial charge in [0.2, 0.25) is 0 Å². The van der Waals surface area contributed by atoms with Crippen LogP contribution in [0.4, 0.5) is 5.69 Å². The molecular formula is C14H18N4OS. The van der Waals surface area contributed by atoms with Crippen LogP contribution in [0.5, 0.6) is 0 Å². The van der Waals surface area contributed by atoms with Crippen molar-refractivity contribution in [3.05, 3.63) is 45.4 Å². The van der Waals surface area contributed by atoms with Gasteiger partial charge in [-0.15, -0.1) is 11.3 Å². The maximum absolute atomic E-state index is 12.3. The minimum atomic E-state index is -0.105. The van der Waals surface area contributed by atoms with Crippen molar-refractivity contribution in [3.8, 4) is 0 Å². The number of rotatable bonds is 4. The highest BCUT2D eigenvalue weighted by molar-refractivity contribution is 7.11. The van der Waals surface area contributed by atoms with E-state index in [1.165, 1.54) is 0 Å². The number of carbonyl (C=O) groups excluding carboxylic acids is 1. The van der Waals surface area contributed by atoms with Crippen LogP contribution in [0.2, 0.25) is 0 Å². The van der Waals surface area contributed by atoms with Crippen LogP contribution in [0.1, 0.15) is 38.8 Å². The van der Waals surface area contributed by atoms with Crippen molar-refractivity contribution in [1.82, 2.24) is 10.3 Å². The van der Waals surface area contributed by atoms with Crippen molar-refractivity contribution in [2.75, 3.05) is 5.43 Å². The van der Waals surface area contributed by atoms with E-state index < -0.39 is 0 Å². The summed E-state index contributed by atoms with van der Waals surface area (Å²) in [5.41, 5.74) is 4.86. The molecule has 0 aliphatic carbocycles. The van der Waals surface area contributed by atoms with E-state index in [9.17, 15) is 4.79 Å². The largest absolute Gasteiger partial charge is 0.343 e. The zero-order valence-corrected chi connectivity index (χ0v) is 12.5. The van der Waals surface area contributed by atoms with Crippen LogP contribution in [0.25, 0.3) is 0 Å². The lowest BCUT2D eigenvalue weighted by Crippen LogP contribution is -2.27. The number of aryl methyl sites for hydroxylation is 2. The zero-order valence-electron chi connectivity index (χ0n) is 11.7. The van der Waals surface area contributed by atoms with Gasteiger partial charge >= 0.3 is 0 Å². The number of aromatic nitrogens is 1. The monoisotopic (exact) mass is 290 g/mol. The highest BCUT2D eigenvalue weighted by Crippen LogP contribution is 2.20. The number of hydrazine groups is 1. The summed E-state index contributed by atoms with van der Waals surface area (Å²) in [5, 5.41) is 3.87. The third kappa shape index (κ3) is 3.15. The van der Waals surface area contributed by atoms with Gasteiger partial charge in [0.1, 0.15) is 5.01 Å². The van der Waals surface area contributed by atoms with Gasteiger partial charge in [0.05, 0.1) is 6.04 Å². The topological polar surface area (TPSA) is 80.0 Å². The van der Waals surface area contributed by atoms with Crippen molar-refractivity contribution in [3.63, 3.8) is 0 Å². The highest BCUT2D eigenvalue weighted by atomic mass is 32.1. The number of nitrogen functional groups attached to an aromatic ring is 1.